The molecule has 0 aliphatic carbocycles. The molecule has 2 rings (SSSR count). The largest absolute Gasteiger partial charge is 0.342 e. The van der Waals surface area contributed by atoms with Crippen LogP contribution in [0, 0.1) is 6.92 Å². The van der Waals surface area contributed by atoms with Crippen molar-refractivity contribution >= 4 is 11.8 Å². The van der Waals surface area contributed by atoms with Crippen LogP contribution in [-0.4, -0.2) is 33.3 Å². The van der Waals surface area contributed by atoms with Crippen LogP contribution in [0.25, 0.3) is 0 Å². The van der Waals surface area contributed by atoms with Crippen LogP contribution in [0.5, 0.6) is 0 Å². The van der Waals surface area contributed by atoms with Crippen molar-refractivity contribution < 1.29 is 9.59 Å². The molecule has 0 spiro atoms. The van der Waals surface area contributed by atoms with E-state index in [1.165, 1.54) is 0 Å². The Hall–Kier alpha value is -1.91. The van der Waals surface area contributed by atoms with Crippen molar-refractivity contribution in [2.75, 3.05) is 0 Å². The Morgan fingerprint density at radius 3 is 2.67 bits per heavy atom. The van der Waals surface area contributed by atoms with Crippen LogP contribution in [0.4, 0.5) is 0 Å². The molecule has 5 heteroatoms. The molecule has 1 saturated heterocycles. The highest BCUT2D eigenvalue weighted by atomic mass is 16.2. The highest BCUT2D eigenvalue weighted by Gasteiger charge is 2.47. The summed E-state index contributed by atoms with van der Waals surface area (Å²) in [7, 11) is 0. The smallest absolute Gasteiger partial charge is 0.246 e. The molecule has 1 N–H and O–H groups in total. The van der Waals surface area contributed by atoms with Crippen LogP contribution in [0.1, 0.15) is 44.9 Å². The van der Waals surface area contributed by atoms with Crippen molar-refractivity contribution in [1.29, 1.82) is 0 Å². The summed E-state index contributed by atoms with van der Waals surface area (Å²) in [5.41, 5.74) is 1.06. The van der Waals surface area contributed by atoms with Gasteiger partial charge in [-0.3, -0.25) is 14.6 Å². The molecule has 0 saturated carbocycles. The molecule has 0 aromatic carbocycles. The highest BCUT2D eigenvalue weighted by Crippen LogP contribution is 2.28. The van der Waals surface area contributed by atoms with E-state index >= 15 is 0 Å². The number of aryl methyl sites for hydroxylation is 1. The second kappa shape index (κ2) is 5.84. The number of hydrogen-bond acceptors (Lipinski definition) is 3. The summed E-state index contributed by atoms with van der Waals surface area (Å²) in [4.78, 5) is 31.1. The summed E-state index contributed by atoms with van der Waals surface area (Å²) < 4.78 is 0. The molecule has 2 heterocycles. The van der Waals surface area contributed by atoms with E-state index in [4.69, 9.17) is 0 Å². The van der Waals surface area contributed by atoms with Crippen molar-refractivity contribution in [3.63, 3.8) is 0 Å². The van der Waals surface area contributed by atoms with Crippen LogP contribution < -0.4 is 5.32 Å². The first kappa shape index (κ1) is 15.5. The average molecular weight is 289 g/mol. The first-order chi connectivity index (χ1) is 9.93. The van der Waals surface area contributed by atoms with Crippen LogP contribution in [-0.2, 0) is 16.1 Å². The first-order valence-corrected chi connectivity index (χ1v) is 7.47. The normalized spacial score (nSPS) is 25.9. The fourth-order valence-electron chi connectivity index (χ4n) is 2.64. The molecular weight excluding hydrogens is 266 g/mol. The minimum Gasteiger partial charge on any atom is -0.342 e. The molecule has 0 radical (unpaired) electrons. The Kier molecular flexibility index (Phi) is 4.30. The summed E-state index contributed by atoms with van der Waals surface area (Å²) in [5.74, 6) is -0.100. The Morgan fingerprint density at radius 1 is 1.38 bits per heavy atom. The molecule has 1 aliphatic heterocycles. The number of carbonyl (C=O) groups excluding carboxylic acids is 2. The minimum absolute atomic E-state index is 0.0218. The average Bonchev–Trinajstić information content (AvgIpc) is 2.49. The number of nitrogens with one attached hydrogen (secondary N) is 1. The molecule has 2 unspecified atom stereocenters. The monoisotopic (exact) mass is 289 g/mol. The molecule has 114 valence electrons. The lowest BCUT2D eigenvalue weighted by atomic mass is 9.89. The zero-order valence-corrected chi connectivity index (χ0v) is 13.1. The van der Waals surface area contributed by atoms with Crippen molar-refractivity contribution in [1.82, 2.24) is 15.2 Å². The maximum Gasteiger partial charge on any atom is 0.246 e. The predicted octanol–water partition coefficient (Wildman–Crippen LogP) is 1.80. The highest BCUT2D eigenvalue weighted by molar-refractivity contribution is 5.99. The van der Waals surface area contributed by atoms with Crippen molar-refractivity contribution in [3.8, 4) is 0 Å². The number of carbonyl (C=O) groups is 2. The van der Waals surface area contributed by atoms with E-state index in [9.17, 15) is 9.59 Å². The van der Waals surface area contributed by atoms with E-state index < -0.39 is 11.6 Å². The summed E-state index contributed by atoms with van der Waals surface area (Å²) in [6, 6.07) is 3.41. The third-order valence-corrected chi connectivity index (χ3v) is 4.48. The Balaban J connectivity index is 2.37. The molecule has 21 heavy (non-hydrogen) atoms. The summed E-state index contributed by atoms with van der Waals surface area (Å²) in [5, 5.41) is 2.84. The quantitative estimate of drug-likeness (QED) is 0.919. The van der Waals surface area contributed by atoms with E-state index in [1.807, 2.05) is 39.8 Å². The molecule has 2 amide bonds. The number of nitrogens with zero attached hydrogens (tertiary/aromatic N) is 2. The van der Waals surface area contributed by atoms with Gasteiger partial charge in [-0.05, 0) is 38.3 Å². The fraction of sp³-hybridized carbons (Fsp3) is 0.562. The molecule has 1 aliphatic rings. The van der Waals surface area contributed by atoms with E-state index in [0.29, 0.717) is 19.4 Å². The summed E-state index contributed by atoms with van der Waals surface area (Å²) in [6.45, 7) is 8.00. The lowest BCUT2D eigenvalue weighted by Gasteiger charge is -2.45. The molecule has 0 bridgehead atoms. The van der Waals surface area contributed by atoms with Gasteiger partial charge in [-0.2, -0.15) is 0 Å². The van der Waals surface area contributed by atoms with E-state index in [0.717, 1.165) is 11.3 Å². The zero-order chi connectivity index (χ0) is 15.6. The standard InChI is InChI=1S/C16H23N3O2/c1-5-12-14(20)19(16(4,6-2)15(21)18-12)10-13-11(3)8-7-9-17-13/h7-9,12H,5-6,10H2,1-4H3,(H,18,21). The third kappa shape index (κ3) is 2.64. The second-order valence-corrected chi connectivity index (χ2v) is 5.75. The van der Waals surface area contributed by atoms with Crippen LogP contribution >= 0.6 is 0 Å². The molecule has 1 aromatic rings. The Morgan fingerprint density at radius 2 is 2.10 bits per heavy atom. The van der Waals surface area contributed by atoms with Crippen molar-refractivity contribution in [3.05, 3.63) is 29.6 Å². The van der Waals surface area contributed by atoms with Gasteiger partial charge in [-0.1, -0.05) is 19.9 Å². The van der Waals surface area contributed by atoms with Crippen LogP contribution in [0.15, 0.2) is 18.3 Å². The number of piperazine rings is 1. The predicted molar refractivity (Wildman–Crippen MR) is 80.4 cm³/mol. The van der Waals surface area contributed by atoms with Gasteiger partial charge in [0, 0.05) is 6.20 Å². The SMILES string of the molecule is CCC1NC(=O)C(C)(CC)N(Cc2ncccc2C)C1=O. The van der Waals surface area contributed by atoms with Gasteiger partial charge < -0.3 is 10.2 Å². The van der Waals surface area contributed by atoms with Gasteiger partial charge in [0.25, 0.3) is 0 Å². The Bertz CT molecular complexity index is 558. The van der Waals surface area contributed by atoms with E-state index in [2.05, 4.69) is 10.3 Å². The molecular formula is C16H23N3O2. The van der Waals surface area contributed by atoms with Gasteiger partial charge in [0.1, 0.15) is 11.6 Å². The summed E-state index contributed by atoms with van der Waals surface area (Å²) >= 11 is 0. The number of hydrogen-bond donors (Lipinski definition) is 1. The Labute approximate surface area is 125 Å². The number of amides is 2. The topological polar surface area (TPSA) is 62.3 Å². The zero-order valence-electron chi connectivity index (χ0n) is 13.1. The minimum atomic E-state index is -0.813. The number of pyridine rings is 1. The molecule has 1 fully saturated rings. The molecule has 1 aromatic heterocycles. The van der Waals surface area contributed by atoms with Crippen molar-refractivity contribution in [2.45, 2.75) is 58.7 Å². The maximum atomic E-state index is 12.7. The lowest BCUT2D eigenvalue weighted by molar-refractivity contribution is -0.157. The van der Waals surface area contributed by atoms with Crippen molar-refractivity contribution in [2.24, 2.45) is 0 Å². The molecule has 5 nitrogen and oxygen atoms in total. The van der Waals surface area contributed by atoms with Gasteiger partial charge in [-0.25, -0.2) is 0 Å². The number of rotatable bonds is 4. The molecule has 2 atom stereocenters. The van der Waals surface area contributed by atoms with Gasteiger partial charge in [0.05, 0.1) is 12.2 Å². The van der Waals surface area contributed by atoms with Crippen LogP contribution in [0.3, 0.4) is 0 Å². The second-order valence-electron chi connectivity index (χ2n) is 5.75. The first-order valence-electron chi connectivity index (χ1n) is 7.47. The fourth-order valence-corrected chi connectivity index (χ4v) is 2.64. The summed E-state index contributed by atoms with van der Waals surface area (Å²) in [6.07, 6.45) is 2.90. The maximum absolute atomic E-state index is 12.7. The van der Waals surface area contributed by atoms with E-state index in [-0.39, 0.29) is 11.8 Å². The number of aromatic nitrogens is 1. The third-order valence-electron chi connectivity index (χ3n) is 4.48. The van der Waals surface area contributed by atoms with Gasteiger partial charge >= 0.3 is 0 Å². The lowest BCUT2D eigenvalue weighted by Crippen LogP contribution is -2.68. The van der Waals surface area contributed by atoms with Crippen LogP contribution in [0.2, 0.25) is 0 Å². The van der Waals surface area contributed by atoms with Gasteiger partial charge in [0.15, 0.2) is 0 Å². The van der Waals surface area contributed by atoms with E-state index in [1.54, 1.807) is 11.1 Å². The van der Waals surface area contributed by atoms with Gasteiger partial charge in [-0.15, -0.1) is 0 Å². The van der Waals surface area contributed by atoms with Gasteiger partial charge in [0.2, 0.25) is 11.8 Å².